The SMILES string of the molecule is COc1ccc(OCC(=O)N2CC(Oc3cc(C#N)ccn3)C2)cc1. The van der Waals surface area contributed by atoms with E-state index in [1.165, 1.54) is 6.20 Å². The lowest BCUT2D eigenvalue weighted by Crippen LogP contribution is -2.57. The zero-order valence-corrected chi connectivity index (χ0v) is 13.7. The van der Waals surface area contributed by atoms with Gasteiger partial charge in [-0.3, -0.25) is 4.79 Å². The average molecular weight is 339 g/mol. The van der Waals surface area contributed by atoms with E-state index >= 15 is 0 Å². The van der Waals surface area contributed by atoms with Gasteiger partial charge in [-0.05, 0) is 30.3 Å². The maximum Gasteiger partial charge on any atom is 0.260 e. The highest BCUT2D eigenvalue weighted by Crippen LogP contribution is 2.19. The molecule has 0 N–H and O–H groups in total. The van der Waals surface area contributed by atoms with Crippen molar-refractivity contribution in [2.45, 2.75) is 6.10 Å². The Hall–Kier alpha value is -3.27. The van der Waals surface area contributed by atoms with Crippen LogP contribution in [0.1, 0.15) is 5.56 Å². The Morgan fingerprint density at radius 1 is 1.28 bits per heavy atom. The maximum atomic E-state index is 12.1. The maximum absolute atomic E-state index is 12.1. The number of aromatic nitrogens is 1. The summed E-state index contributed by atoms with van der Waals surface area (Å²) in [5, 5.41) is 8.86. The van der Waals surface area contributed by atoms with Gasteiger partial charge >= 0.3 is 0 Å². The van der Waals surface area contributed by atoms with Crippen LogP contribution in [0.5, 0.6) is 17.4 Å². The second-order valence-corrected chi connectivity index (χ2v) is 5.50. The fraction of sp³-hybridized carbons (Fsp3) is 0.278. The summed E-state index contributed by atoms with van der Waals surface area (Å²) in [4.78, 5) is 17.8. The number of likely N-dealkylation sites (tertiary alicyclic amines) is 1. The molecule has 1 amide bonds. The van der Waals surface area contributed by atoms with Crippen LogP contribution in [0, 0.1) is 11.3 Å². The Morgan fingerprint density at radius 3 is 2.68 bits per heavy atom. The molecule has 128 valence electrons. The smallest absolute Gasteiger partial charge is 0.260 e. The van der Waals surface area contributed by atoms with Gasteiger partial charge in [-0.25, -0.2) is 4.98 Å². The van der Waals surface area contributed by atoms with Gasteiger partial charge in [0.2, 0.25) is 5.88 Å². The zero-order valence-electron chi connectivity index (χ0n) is 13.7. The normalized spacial score (nSPS) is 13.5. The van der Waals surface area contributed by atoms with Gasteiger partial charge in [0.15, 0.2) is 6.61 Å². The van der Waals surface area contributed by atoms with Crippen molar-refractivity contribution >= 4 is 5.91 Å². The second kappa shape index (κ2) is 7.53. The van der Waals surface area contributed by atoms with Crippen LogP contribution in [0.25, 0.3) is 0 Å². The van der Waals surface area contributed by atoms with Crippen molar-refractivity contribution in [3.8, 4) is 23.4 Å². The van der Waals surface area contributed by atoms with Crippen molar-refractivity contribution in [1.82, 2.24) is 9.88 Å². The molecule has 1 aliphatic rings. The van der Waals surface area contributed by atoms with E-state index in [1.807, 2.05) is 6.07 Å². The number of hydrogen-bond acceptors (Lipinski definition) is 6. The summed E-state index contributed by atoms with van der Waals surface area (Å²) < 4.78 is 16.2. The predicted octanol–water partition coefficient (Wildman–Crippen LogP) is 1.63. The number of carbonyl (C=O) groups is 1. The van der Waals surface area contributed by atoms with Crippen molar-refractivity contribution in [3.63, 3.8) is 0 Å². The molecule has 0 radical (unpaired) electrons. The molecule has 0 atom stereocenters. The van der Waals surface area contributed by atoms with Gasteiger partial charge in [0.25, 0.3) is 5.91 Å². The quantitative estimate of drug-likeness (QED) is 0.795. The Morgan fingerprint density at radius 2 is 2.00 bits per heavy atom. The fourth-order valence-electron chi connectivity index (χ4n) is 2.34. The molecule has 0 bridgehead atoms. The molecule has 2 heterocycles. The number of carbonyl (C=O) groups excluding carboxylic acids is 1. The van der Waals surface area contributed by atoms with Crippen LogP contribution < -0.4 is 14.2 Å². The van der Waals surface area contributed by atoms with Crippen LogP contribution in [-0.2, 0) is 4.79 Å². The van der Waals surface area contributed by atoms with Crippen LogP contribution in [-0.4, -0.2) is 48.7 Å². The third kappa shape index (κ3) is 4.18. The Balaban J connectivity index is 1.42. The van der Waals surface area contributed by atoms with Crippen molar-refractivity contribution in [1.29, 1.82) is 5.26 Å². The Labute approximate surface area is 145 Å². The first-order chi connectivity index (χ1) is 12.2. The number of amides is 1. The first-order valence-corrected chi connectivity index (χ1v) is 7.75. The van der Waals surface area contributed by atoms with Crippen LogP contribution in [0.2, 0.25) is 0 Å². The van der Waals surface area contributed by atoms with Gasteiger partial charge in [0.1, 0.15) is 17.6 Å². The summed E-state index contributed by atoms with van der Waals surface area (Å²) in [6, 6.07) is 12.3. The van der Waals surface area contributed by atoms with Crippen molar-refractivity contribution in [2.24, 2.45) is 0 Å². The van der Waals surface area contributed by atoms with E-state index in [9.17, 15) is 4.79 Å². The number of pyridine rings is 1. The molecule has 7 heteroatoms. The highest BCUT2D eigenvalue weighted by molar-refractivity contribution is 5.78. The third-order valence-electron chi connectivity index (χ3n) is 3.77. The highest BCUT2D eigenvalue weighted by atomic mass is 16.5. The lowest BCUT2D eigenvalue weighted by Gasteiger charge is -2.38. The summed E-state index contributed by atoms with van der Waals surface area (Å²) in [6.07, 6.45) is 1.41. The highest BCUT2D eigenvalue weighted by Gasteiger charge is 2.32. The minimum absolute atomic E-state index is 0.0266. The van der Waals surface area contributed by atoms with Gasteiger partial charge in [0, 0.05) is 12.3 Å². The lowest BCUT2D eigenvalue weighted by atomic mass is 10.1. The van der Waals surface area contributed by atoms with Gasteiger partial charge in [-0.15, -0.1) is 0 Å². The number of nitrogens with zero attached hydrogens (tertiary/aromatic N) is 3. The van der Waals surface area contributed by atoms with Gasteiger partial charge in [0.05, 0.1) is 31.8 Å². The second-order valence-electron chi connectivity index (χ2n) is 5.50. The number of methoxy groups -OCH3 is 1. The molecular weight excluding hydrogens is 322 g/mol. The third-order valence-corrected chi connectivity index (χ3v) is 3.77. The number of benzene rings is 1. The predicted molar refractivity (Wildman–Crippen MR) is 88.4 cm³/mol. The topological polar surface area (TPSA) is 84.7 Å². The summed E-state index contributed by atoms with van der Waals surface area (Å²) in [5.74, 6) is 1.63. The van der Waals surface area contributed by atoms with Crippen LogP contribution >= 0.6 is 0 Å². The Bertz CT molecular complexity index is 780. The summed E-state index contributed by atoms with van der Waals surface area (Å²) in [5.41, 5.74) is 0.491. The average Bonchev–Trinajstić information content (AvgIpc) is 2.63. The van der Waals surface area contributed by atoms with Crippen molar-refractivity contribution < 1.29 is 19.0 Å². The van der Waals surface area contributed by atoms with Crippen LogP contribution in [0.3, 0.4) is 0 Å². The van der Waals surface area contributed by atoms with E-state index in [0.29, 0.717) is 30.3 Å². The van der Waals surface area contributed by atoms with Gasteiger partial charge in [-0.1, -0.05) is 0 Å². The van der Waals surface area contributed by atoms with E-state index < -0.39 is 0 Å². The standard InChI is InChI=1S/C18H17N3O4/c1-23-14-2-4-15(5-3-14)24-12-18(22)21-10-16(11-21)25-17-8-13(9-19)6-7-20-17/h2-8,16H,10-12H2,1H3. The molecular formula is C18H17N3O4. The lowest BCUT2D eigenvalue weighted by molar-refractivity contribution is -0.142. The first-order valence-electron chi connectivity index (χ1n) is 7.75. The molecule has 1 aromatic heterocycles. The fourth-order valence-corrected chi connectivity index (χ4v) is 2.34. The number of rotatable bonds is 6. The first kappa shape index (κ1) is 16.6. The molecule has 0 saturated carbocycles. The van der Waals surface area contributed by atoms with Gasteiger partial charge in [-0.2, -0.15) is 5.26 Å². The summed E-state index contributed by atoms with van der Waals surface area (Å²) in [7, 11) is 1.59. The van der Waals surface area contributed by atoms with Crippen molar-refractivity contribution in [2.75, 3.05) is 26.8 Å². The van der Waals surface area contributed by atoms with Crippen molar-refractivity contribution in [3.05, 3.63) is 48.2 Å². The van der Waals surface area contributed by atoms with Gasteiger partial charge < -0.3 is 19.1 Å². The molecule has 7 nitrogen and oxygen atoms in total. The van der Waals surface area contributed by atoms with E-state index in [-0.39, 0.29) is 18.6 Å². The molecule has 0 aliphatic carbocycles. The molecule has 1 saturated heterocycles. The monoisotopic (exact) mass is 339 g/mol. The molecule has 1 fully saturated rings. The summed E-state index contributed by atoms with van der Waals surface area (Å²) in [6.45, 7) is 0.924. The minimum Gasteiger partial charge on any atom is -0.497 e. The molecule has 0 spiro atoms. The van der Waals surface area contributed by atoms with E-state index in [1.54, 1.807) is 48.4 Å². The molecule has 0 unspecified atom stereocenters. The molecule has 2 aromatic rings. The molecule has 1 aromatic carbocycles. The van der Waals surface area contributed by atoms with E-state index in [2.05, 4.69) is 4.98 Å². The molecule has 3 rings (SSSR count). The number of ether oxygens (including phenoxy) is 3. The van der Waals surface area contributed by atoms with E-state index in [4.69, 9.17) is 19.5 Å². The molecule has 1 aliphatic heterocycles. The molecule has 25 heavy (non-hydrogen) atoms. The summed E-state index contributed by atoms with van der Waals surface area (Å²) >= 11 is 0. The van der Waals surface area contributed by atoms with Crippen LogP contribution in [0.15, 0.2) is 42.6 Å². The Kier molecular flexibility index (Phi) is 5.00. The van der Waals surface area contributed by atoms with Crippen LogP contribution in [0.4, 0.5) is 0 Å². The number of nitriles is 1. The number of hydrogen-bond donors (Lipinski definition) is 0. The minimum atomic E-state index is -0.119. The largest absolute Gasteiger partial charge is 0.497 e. The van der Waals surface area contributed by atoms with E-state index in [0.717, 1.165) is 5.75 Å². The zero-order chi connectivity index (χ0) is 17.6.